The first-order valence-corrected chi connectivity index (χ1v) is 8.22. The monoisotopic (exact) mass is 288 g/mol. The van der Waals surface area contributed by atoms with Gasteiger partial charge in [-0.25, -0.2) is 0 Å². The molecule has 4 rings (SSSR count). The standard InChI is InChI=1S/C18H24O3/c1-19-17-5-4-13-10-14(2-3-15(13)11-17)16-6-7-18(12-16)20-8-9-21-18/h4-5,11,14,16H,2-3,6-10,12H2,1H3/t14-,16+/m1/s1. The quantitative estimate of drug-likeness (QED) is 0.835. The molecule has 1 aromatic carbocycles. The van der Waals surface area contributed by atoms with Crippen LogP contribution in [-0.2, 0) is 22.3 Å². The summed E-state index contributed by atoms with van der Waals surface area (Å²) in [4.78, 5) is 0. The molecule has 21 heavy (non-hydrogen) atoms. The molecule has 2 fully saturated rings. The summed E-state index contributed by atoms with van der Waals surface area (Å²) in [6, 6.07) is 6.57. The topological polar surface area (TPSA) is 27.7 Å². The lowest BCUT2D eigenvalue weighted by Crippen LogP contribution is -2.28. The Morgan fingerprint density at radius 1 is 1.10 bits per heavy atom. The molecule has 3 heteroatoms. The molecule has 1 aliphatic heterocycles. The van der Waals surface area contributed by atoms with E-state index < -0.39 is 0 Å². The molecule has 0 unspecified atom stereocenters. The molecule has 0 amide bonds. The molecule has 2 atom stereocenters. The zero-order chi connectivity index (χ0) is 14.3. The van der Waals surface area contributed by atoms with Gasteiger partial charge in [-0.15, -0.1) is 0 Å². The predicted molar refractivity (Wildman–Crippen MR) is 80.5 cm³/mol. The minimum Gasteiger partial charge on any atom is -0.497 e. The van der Waals surface area contributed by atoms with E-state index in [1.807, 2.05) is 0 Å². The highest BCUT2D eigenvalue weighted by atomic mass is 16.7. The fraction of sp³-hybridized carbons (Fsp3) is 0.667. The molecule has 0 N–H and O–H groups in total. The van der Waals surface area contributed by atoms with E-state index in [4.69, 9.17) is 14.2 Å². The number of aryl methyl sites for hydroxylation is 1. The van der Waals surface area contributed by atoms with Crippen molar-refractivity contribution in [3.05, 3.63) is 29.3 Å². The van der Waals surface area contributed by atoms with Gasteiger partial charge in [0, 0.05) is 12.8 Å². The van der Waals surface area contributed by atoms with Gasteiger partial charge in [-0.1, -0.05) is 6.07 Å². The van der Waals surface area contributed by atoms with Crippen molar-refractivity contribution >= 4 is 0 Å². The second-order valence-corrected chi connectivity index (χ2v) is 6.75. The average Bonchev–Trinajstić information content (AvgIpc) is 3.17. The molecule has 3 nitrogen and oxygen atoms in total. The van der Waals surface area contributed by atoms with Crippen molar-refractivity contribution in [2.75, 3.05) is 20.3 Å². The smallest absolute Gasteiger partial charge is 0.168 e. The van der Waals surface area contributed by atoms with Gasteiger partial charge >= 0.3 is 0 Å². The Morgan fingerprint density at radius 3 is 2.76 bits per heavy atom. The summed E-state index contributed by atoms with van der Waals surface area (Å²) in [6.45, 7) is 1.56. The number of benzene rings is 1. The fourth-order valence-electron chi connectivity index (χ4n) is 4.46. The van der Waals surface area contributed by atoms with Crippen LogP contribution in [0.4, 0.5) is 0 Å². The number of hydrogen-bond acceptors (Lipinski definition) is 3. The van der Waals surface area contributed by atoms with E-state index in [1.165, 1.54) is 36.8 Å². The van der Waals surface area contributed by atoms with Crippen molar-refractivity contribution in [1.82, 2.24) is 0 Å². The zero-order valence-electron chi connectivity index (χ0n) is 12.8. The number of ether oxygens (including phenoxy) is 3. The van der Waals surface area contributed by atoms with E-state index in [-0.39, 0.29) is 5.79 Å². The van der Waals surface area contributed by atoms with Gasteiger partial charge in [0.1, 0.15) is 5.75 Å². The molecular formula is C18H24O3. The maximum atomic E-state index is 5.88. The third-order valence-electron chi connectivity index (χ3n) is 5.63. The van der Waals surface area contributed by atoms with Gasteiger partial charge in [-0.3, -0.25) is 0 Å². The Labute approximate surface area is 126 Å². The van der Waals surface area contributed by atoms with Crippen molar-refractivity contribution in [3.63, 3.8) is 0 Å². The Morgan fingerprint density at radius 2 is 1.95 bits per heavy atom. The van der Waals surface area contributed by atoms with Crippen LogP contribution in [0.15, 0.2) is 18.2 Å². The maximum absolute atomic E-state index is 5.88. The van der Waals surface area contributed by atoms with Crippen LogP contribution >= 0.6 is 0 Å². The van der Waals surface area contributed by atoms with Crippen molar-refractivity contribution in [3.8, 4) is 5.75 Å². The van der Waals surface area contributed by atoms with E-state index in [0.29, 0.717) is 0 Å². The lowest BCUT2D eigenvalue weighted by molar-refractivity contribution is -0.153. The summed E-state index contributed by atoms with van der Waals surface area (Å²) in [5, 5.41) is 0. The molecular weight excluding hydrogens is 264 g/mol. The maximum Gasteiger partial charge on any atom is 0.168 e. The lowest BCUT2D eigenvalue weighted by Gasteiger charge is -2.30. The number of hydrogen-bond donors (Lipinski definition) is 0. The van der Waals surface area contributed by atoms with Crippen LogP contribution in [0.1, 0.15) is 36.8 Å². The summed E-state index contributed by atoms with van der Waals surface area (Å²) >= 11 is 0. The molecule has 0 bridgehead atoms. The molecule has 3 aliphatic rings. The molecule has 1 aromatic rings. The van der Waals surface area contributed by atoms with Gasteiger partial charge in [0.15, 0.2) is 5.79 Å². The highest BCUT2D eigenvalue weighted by Crippen LogP contribution is 2.46. The fourth-order valence-corrected chi connectivity index (χ4v) is 4.46. The van der Waals surface area contributed by atoms with Crippen LogP contribution in [0.25, 0.3) is 0 Å². The first-order valence-electron chi connectivity index (χ1n) is 8.22. The Hall–Kier alpha value is -1.06. The van der Waals surface area contributed by atoms with Crippen LogP contribution in [0.2, 0.25) is 0 Å². The summed E-state index contributed by atoms with van der Waals surface area (Å²) in [5.74, 6) is 2.32. The highest BCUT2D eigenvalue weighted by Gasteiger charge is 2.46. The molecule has 1 heterocycles. The number of rotatable bonds is 2. The summed E-state index contributed by atoms with van der Waals surface area (Å²) < 4.78 is 17.1. The largest absolute Gasteiger partial charge is 0.497 e. The van der Waals surface area contributed by atoms with E-state index in [9.17, 15) is 0 Å². The molecule has 1 saturated heterocycles. The Bertz CT molecular complexity index is 519. The first kappa shape index (κ1) is 13.6. The minimum absolute atomic E-state index is 0.217. The van der Waals surface area contributed by atoms with Crippen molar-refractivity contribution in [1.29, 1.82) is 0 Å². The van der Waals surface area contributed by atoms with Crippen LogP contribution in [0.5, 0.6) is 5.75 Å². The van der Waals surface area contributed by atoms with Crippen molar-refractivity contribution < 1.29 is 14.2 Å². The summed E-state index contributed by atoms with van der Waals surface area (Å²) in [7, 11) is 1.74. The number of methoxy groups -OCH3 is 1. The van der Waals surface area contributed by atoms with Crippen molar-refractivity contribution in [2.24, 2.45) is 11.8 Å². The second kappa shape index (κ2) is 5.29. The molecule has 1 spiro atoms. The second-order valence-electron chi connectivity index (χ2n) is 6.75. The molecule has 1 saturated carbocycles. The summed E-state index contributed by atoms with van der Waals surface area (Å²) in [5.41, 5.74) is 2.99. The van der Waals surface area contributed by atoms with Crippen LogP contribution in [0, 0.1) is 11.8 Å². The average molecular weight is 288 g/mol. The SMILES string of the molecule is COc1ccc2c(c1)CC[C@@H]([C@H]1CCC3(C1)OCCO3)C2. The van der Waals surface area contributed by atoms with E-state index in [2.05, 4.69) is 18.2 Å². The van der Waals surface area contributed by atoms with E-state index in [1.54, 1.807) is 7.11 Å². The Balaban J connectivity index is 1.46. The minimum atomic E-state index is -0.217. The highest BCUT2D eigenvalue weighted by molar-refractivity contribution is 5.37. The van der Waals surface area contributed by atoms with Gasteiger partial charge in [-0.2, -0.15) is 0 Å². The summed E-state index contributed by atoms with van der Waals surface area (Å²) in [6.07, 6.45) is 7.13. The van der Waals surface area contributed by atoms with E-state index in [0.717, 1.165) is 43.6 Å². The van der Waals surface area contributed by atoms with Crippen molar-refractivity contribution in [2.45, 2.75) is 44.3 Å². The number of fused-ring (bicyclic) bond motifs is 1. The molecule has 0 radical (unpaired) electrons. The van der Waals surface area contributed by atoms with Gasteiger partial charge in [0.2, 0.25) is 0 Å². The Kier molecular flexibility index (Phi) is 3.43. The third kappa shape index (κ3) is 2.47. The van der Waals surface area contributed by atoms with Crippen LogP contribution < -0.4 is 4.74 Å². The van der Waals surface area contributed by atoms with Gasteiger partial charge < -0.3 is 14.2 Å². The van der Waals surface area contributed by atoms with Gasteiger partial charge in [0.05, 0.1) is 20.3 Å². The third-order valence-corrected chi connectivity index (χ3v) is 5.63. The van der Waals surface area contributed by atoms with Gasteiger partial charge in [0.25, 0.3) is 0 Å². The first-order chi connectivity index (χ1) is 10.3. The lowest BCUT2D eigenvalue weighted by atomic mass is 9.76. The predicted octanol–water partition coefficient (Wildman–Crippen LogP) is 3.34. The molecule has 114 valence electrons. The molecule has 0 aromatic heterocycles. The van der Waals surface area contributed by atoms with Crippen LogP contribution in [-0.4, -0.2) is 26.1 Å². The zero-order valence-corrected chi connectivity index (χ0v) is 12.8. The normalized spacial score (nSPS) is 30.5. The van der Waals surface area contributed by atoms with E-state index >= 15 is 0 Å². The van der Waals surface area contributed by atoms with Crippen LogP contribution in [0.3, 0.4) is 0 Å². The van der Waals surface area contributed by atoms with Gasteiger partial charge in [-0.05, 0) is 60.8 Å². The molecule has 2 aliphatic carbocycles.